The highest BCUT2D eigenvalue weighted by Crippen LogP contribution is 2.31. The van der Waals surface area contributed by atoms with Gasteiger partial charge in [0.1, 0.15) is 0 Å². The Morgan fingerprint density at radius 3 is 2.82 bits per heavy atom. The van der Waals surface area contributed by atoms with Crippen molar-refractivity contribution in [2.45, 2.75) is 20.3 Å². The molecule has 0 bridgehead atoms. The molecule has 90 valence electrons. The molecule has 1 heterocycles. The lowest BCUT2D eigenvalue weighted by Gasteiger charge is -2.19. The summed E-state index contributed by atoms with van der Waals surface area (Å²) in [6, 6.07) is 5.76. The number of H-pyrrole nitrogens is 1. The summed E-state index contributed by atoms with van der Waals surface area (Å²) >= 11 is 6.11. The molecule has 0 saturated heterocycles. The average molecular weight is 252 g/mol. The molecule has 2 aromatic rings. The van der Waals surface area contributed by atoms with E-state index >= 15 is 0 Å². The van der Waals surface area contributed by atoms with Gasteiger partial charge in [-0.2, -0.15) is 0 Å². The monoisotopic (exact) mass is 251 g/mol. The SMILES string of the molecule is CC(C)(Cc1cccc2[nH]cc(Cl)c12)C(=O)O. The van der Waals surface area contributed by atoms with Crippen LogP contribution in [0.25, 0.3) is 10.9 Å². The third-order valence-electron chi connectivity index (χ3n) is 2.96. The molecule has 0 saturated carbocycles. The van der Waals surface area contributed by atoms with Gasteiger partial charge in [0.05, 0.1) is 10.4 Å². The first kappa shape index (κ1) is 12.0. The lowest BCUT2D eigenvalue weighted by molar-refractivity contribution is -0.146. The minimum absolute atomic E-state index is 0.456. The Bertz CT molecular complexity index is 572. The molecule has 0 aliphatic carbocycles. The summed E-state index contributed by atoms with van der Waals surface area (Å²) in [4.78, 5) is 14.2. The molecule has 2 N–H and O–H groups in total. The Kier molecular flexibility index (Phi) is 2.87. The molecule has 1 aromatic carbocycles. The van der Waals surface area contributed by atoms with Gasteiger partial charge in [0.15, 0.2) is 0 Å². The van der Waals surface area contributed by atoms with Gasteiger partial charge in [-0.15, -0.1) is 0 Å². The number of nitrogens with one attached hydrogen (secondary N) is 1. The molecule has 2 rings (SSSR count). The van der Waals surface area contributed by atoms with Crippen LogP contribution >= 0.6 is 11.6 Å². The van der Waals surface area contributed by atoms with E-state index in [4.69, 9.17) is 16.7 Å². The van der Waals surface area contributed by atoms with Crippen LogP contribution in [-0.4, -0.2) is 16.1 Å². The maximum absolute atomic E-state index is 11.1. The first-order valence-electron chi connectivity index (χ1n) is 5.40. The molecule has 3 nitrogen and oxygen atoms in total. The van der Waals surface area contributed by atoms with E-state index in [-0.39, 0.29) is 0 Å². The largest absolute Gasteiger partial charge is 0.481 e. The van der Waals surface area contributed by atoms with Crippen molar-refractivity contribution in [3.05, 3.63) is 35.0 Å². The third kappa shape index (κ3) is 2.15. The van der Waals surface area contributed by atoms with E-state index in [1.54, 1.807) is 20.0 Å². The smallest absolute Gasteiger partial charge is 0.309 e. The van der Waals surface area contributed by atoms with Gasteiger partial charge in [-0.25, -0.2) is 0 Å². The van der Waals surface area contributed by atoms with Crippen molar-refractivity contribution in [2.24, 2.45) is 5.41 Å². The molecule has 0 radical (unpaired) electrons. The van der Waals surface area contributed by atoms with Crippen LogP contribution in [0.5, 0.6) is 0 Å². The van der Waals surface area contributed by atoms with Gasteiger partial charge in [0.2, 0.25) is 0 Å². The average Bonchev–Trinajstić information content (AvgIpc) is 2.61. The van der Waals surface area contributed by atoms with Gasteiger partial charge in [-0.05, 0) is 31.9 Å². The maximum atomic E-state index is 11.1. The zero-order valence-corrected chi connectivity index (χ0v) is 10.5. The Hall–Kier alpha value is -1.48. The van der Waals surface area contributed by atoms with Gasteiger partial charge in [-0.3, -0.25) is 4.79 Å². The number of aromatic amines is 1. The van der Waals surface area contributed by atoms with E-state index in [0.717, 1.165) is 16.5 Å². The number of rotatable bonds is 3. The maximum Gasteiger partial charge on any atom is 0.309 e. The highest BCUT2D eigenvalue weighted by Gasteiger charge is 2.28. The van der Waals surface area contributed by atoms with E-state index in [2.05, 4.69) is 4.98 Å². The number of carboxylic acid groups (broad SMARTS) is 1. The van der Waals surface area contributed by atoms with Gasteiger partial charge in [0, 0.05) is 17.1 Å². The van der Waals surface area contributed by atoms with Gasteiger partial charge < -0.3 is 10.1 Å². The molecular formula is C13H14ClNO2. The van der Waals surface area contributed by atoms with Crippen LogP contribution in [0.2, 0.25) is 5.02 Å². The number of aromatic nitrogens is 1. The van der Waals surface area contributed by atoms with Crippen molar-refractivity contribution < 1.29 is 9.90 Å². The number of halogens is 1. The van der Waals surface area contributed by atoms with Crippen LogP contribution < -0.4 is 0 Å². The number of carbonyl (C=O) groups is 1. The fourth-order valence-electron chi connectivity index (χ4n) is 1.91. The second kappa shape index (κ2) is 4.08. The van der Waals surface area contributed by atoms with E-state index in [1.807, 2.05) is 18.2 Å². The topological polar surface area (TPSA) is 53.1 Å². The van der Waals surface area contributed by atoms with Crippen LogP contribution in [-0.2, 0) is 11.2 Å². The second-order valence-electron chi connectivity index (χ2n) is 4.84. The summed E-state index contributed by atoms with van der Waals surface area (Å²) < 4.78 is 0. The van der Waals surface area contributed by atoms with Gasteiger partial charge in [0.25, 0.3) is 0 Å². The van der Waals surface area contributed by atoms with Crippen molar-refractivity contribution in [3.63, 3.8) is 0 Å². The normalized spacial score (nSPS) is 11.9. The summed E-state index contributed by atoms with van der Waals surface area (Å²) in [6.07, 6.45) is 2.18. The quantitative estimate of drug-likeness (QED) is 0.878. The van der Waals surface area contributed by atoms with Crippen molar-refractivity contribution in [3.8, 4) is 0 Å². The predicted octanol–water partition coefficient (Wildman–Crippen LogP) is 3.47. The predicted molar refractivity (Wildman–Crippen MR) is 68.4 cm³/mol. The van der Waals surface area contributed by atoms with E-state index < -0.39 is 11.4 Å². The fourth-order valence-corrected chi connectivity index (χ4v) is 2.19. The molecule has 0 atom stereocenters. The number of benzene rings is 1. The van der Waals surface area contributed by atoms with Crippen LogP contribution in [0.1, 0.15) is 19.4 Å². The molecule has 0 fully saturated rings. The van der Waals surface area contributed by atoms with Crippen molar-refractivity contribution in [1.82, 2.24) is 4.98 Å². The van der Waals surface area contributed by atoms with Crippen LogP contribution in [0.4, 0.5) is 0 Å². The van der Waals surface area contributed by atoms with Gasteiger partial charge in [-0.1, -0.05) is 23.7 Å². The van der Waals surface area contributed by atoms with E-state index in [9.17, 15) is 4.79 Å². The highest BCUT2D eigenvalue weighted by atomic mass is 35.5. The third-order valence-corrected chi connectivity index (χ3v) is 3.25. The number of hydrogen-bond acceptors (Lipinski definition) is 1. The Labute approximate surface area is 104 Å². The number of carboxylic acids is 1. The minimum Gasteiger partial charge on any atom is -0.481 e. The van der Waals surface area contributed by atoms with Crippen molar-refractivity contribution in [2.75, 3.05) is 0 Å². The van der Waals surface area contributed by atoms with Crippen LogP contribution in [0.15, 0.2) is 24.4 Å². The molecule has 4 heteroatoms. The first-order chi connectivity index (χ1) is 7.92. The molecule has 1 aromatic heterocycles. The van der Waals surface area contributed by atoms with Crippen LogP contribution in [0, 0.1) is 5.41 Å². The Morgan fingerprint density at radius 2 is 2.18 bits per heavy atom. The lowest BCUT2D eigenvalue weighted by atomic mass is 9.85. The fraction of sp³-hybridized carbons (Fsp3) is 0.308. The molecule has 0 spiro atoms. The van der Waals surface area contributed by atoms with Gasteiger partial charge >= 0.3 is 5.97 Å². The highest BCUT2D eigenvalue weighted by molar-refractivity contribution is 6.35. The molecule has 0 aliphatic rings. The summed E-state index contributed by atoms with van der Waals surface area (Å²) in [5.74, 6) is -0.804. The molecular weight excluding hydrogens is 238 g/mol. The molecule has 0 amide bonds. The van der Waals surface area contributed by atoms with E-state index in [1.165, 1.54) is 0 Å². The van der Waals surface area contributed by atoms with Crippen LogP contribution in [0.3, 0.4) is 0 Å². The first-order valence-corrected chi connectivity index (χ1v) is 5.77. The van der Waals surface area contributed by atoms with Crippen molar-refractivity contribution >= 4 is 28.5 Å². The standard InChI is InChI=1S/C13H14ClNO2/c1-13(2,12(16)17)6-8-4-3-5-10-11(8)9(14)7-15-10/h3-5,7,15H,6H2,1-2H3,(H,16,17). The molecule has 17 heavy (non-hydrogen) atoms. The number of hydrogen-bond donors (Lipinski definition) is 2. The summed E-state index contributed by atoms with van der Waals surface area (Å²) in [6.45, 7) is 3.43. The second-order valence-corrected chi connectivity index (χ2v) is 5.25. The van der Waals surface area contributed by atoms with E-state index in [0.29, 0.717) is 11.4 Å². The summed E-state index contributed by atoms with van der Waals surface area (Å²) in [7, 11) is 0. The Balaban J connectivity index is 2.49. The zero-order valence-electron chi connectivity index (χ0n) is 9.75. The lowest BCUT2D eigenvalue weighted by Crippen LogP contribution is -2.26. The number of fused-ring (bicyclic) bond motifs is 1. The molecule has 0 unspecified atom stereocenters. The zero-order chi connectivity index (χ0) is 12.6. The molecule has 0 aliphatic heterocycles. The Morgan fingerprint density at radius 1 is 1.47 bits per heavy atom. The minimum atomic E-state index is -0.804. The van der Waals surface area contributed by atoms with Crippen molar-refractivity contribution in [1.29, 1.82) is 0 Å². The number of aliphatic carboxylic acids is 1. The summed E-state index contributed by atoms with van der Waals surface area (Å²) in [5.41, 5.74) is 1.10. The summed E-state index contributed by atoms with van der Waals surface area (Å²) in [5, 5.41) is 10.7.